The summed E-state index contributed by atoms with van der Waals surface area (Å²) in [6.45, 7) is 8.38. The van der Waals surface area contributed by atoms with Gasteiger partial charge in [0.25, 0.3) is 0 Å². The summed E-state index contributed by atoms with van der Waals surface area (Å²) in [7, 11) is 0. The van der Waals surface area contributed by atoms with E-state index in [2.05, 4.69) is 58.6 Å². The number of fused-ring (bicyclic) bond motifs is 1. The molecule has 3 aromatic rings. The molecule has 5 heteroatoms. The normalized spacial score (nSPS) is 15.9. The zero-order valence-corrected chi connectivity index (χ0v) is 16.9. The van der Waals surface area contributed by atoms with E-state index in [-0.39, 0.29) is 0 Å². The van der Waals surface area contributed by atoms with Gasteiger partial charge >= 0.3 is 0 Å². The average Bonchev–Trinajstić information content (AvgIpc) is 3.36. The molecule has 0 saturated heterocycles. The molecule has 0 spiro atoms. The van der Waals surface area contributed by atoms with Crippen LogP contribution >= 0.6 is 11.3 Å². The monoisotopic (exact) mass is 381 g/mol. The summed E-state index contributed by atoms with van der Waals surface area (Å²) in [6, 6.07) is 11.2. The molecule has 0 radical (unpaired) electrons. The molecule has 0 bridgehead atoms. The second-order valence-corrected chi connectivity index (χ2v) is 8.82. The summed E-state index contributed by atoms with van der Waals surface area (Å²) in [5.74, 6) is 1.06. The van der Waals surface area contributed by atoms with E-state index in [0.29, 0.717) is 6.10 Å². The van der Waals surface area contributed by atoms with Gasteiger partial charge < -0.3 is 9.30 Å². The number of hydrogen-bond donors (Lipinski definition) is 0. The molecule has 1 aliphatic heterocycles. The lowest BCUT2D eigenvalue weighted by Crippen LogP contribution is -2.24. The molecule has 27 heavy (non-hydrogen) atoms. The highest BCUT2D eigenvalue weighted by molar-refractivity contribution is 7.11. The first-order valence-electron chi connectivity index (χ1n) is 9.67. The number of thiophene rings is 1. The predicted octanol–water partition coefficient (Wildman–Crippen LogP) is 4.67. The number of imidazole rings is 1. The molecule has 0 fully saturated rings. The first-order chi connectivity index (χ1) is 13.2. The first-order valence-corrected chi connectivity index (χ1v) is 10.5. The van der Waals surface area contributed by atoms with Crippen molar-refractivity contribution >= 4 is 11.3 Å². The van der Waals surface area contributed by atoms with Gasteiger partial charge in [-0.25, -0.2) is 4.98 Å². The second-order valence-electron chi connectivity index (χ2n) is 7.45. The van der Waals surface area contributed by atoms with Crippen LogP contribution in [0.15, 0.2) is 49.1 Å². The molecule has 1 unspecified atom stereocenters. The smallest absolute Gasteiger partial charge is 0.123 e. The third-order valence-corrected chi connectivity index (χ3v) is 5.98. The molecule has 0 saturated carbocycles. The molecule has 1 aliphatic rings. The Labute approximate surface area is 165 Å². The van der Waals surface area contributed by atoms with Crippen molar-refractivity contribution in [2.24, 2.45) is 0 Å². The number of benzene rings is 1. The van der Waals surface area contributed by atoms with Crippen molar-refractivity contribution in [1.29, 1.82) is 0 Å². The lowest BCUT2D eigenvalue weighted by atomic mass is 10.1. The van der Waals surface area contributed by atoms with Gasteiger partial charge in [-0.05, 0) is 49.6 Å². The van der Waals surface area contributed by atoms with Crippen molar-refractivity contribution in [1.82, 2.24) is 14.5 Å². The number of aromatic nitrogens is 2. The van der Waals surface area contributed by atoms with Crippen LogP contribution in [0.5, 0.6) is 5.75 Å². The van der Waals surface area contributed by atoms with Crippen molar-refractivity contribution in [3.8, 4) is 5.75 Å². The van der Waals surface area contributed by atoms with E-state index in [1.165, 1.54) is 20.9 Å². The highest BCUT2D eigenvalue weighted by Crippen LogP contribution is 2.30. The predicted molar refractivity (Wildman–Crippen MR) is 110 cm³/mol. The minimum atomic E-state index is 0.302. The number of nitrogens with zero attached hydrogens (tertiary/aromatic N) is 3. The molecule has 1 aromatic carbocycles. The molecule has 0 amide bonds. The van der Waals surface area contributed by atoms with E-state index in [4.69, 9.17) is 4.74 Å². The lowest BCUT2D eigenvalue weighted by Gasteiger charge is -2.22. The van der Waals surface area contributed by atoms with Crippen LogP contribution in [0.4, 0.5) is 0 Å². The molecule has 4 nitrogen and oxygen atoms in total. The Hall–Kier alpha value is -2.11. The van der Waals surface area contributed by atoms with Crippen LogP contribution in [0.1, 0.15) is 34.2 Å². The van der Waals surface area contributed by atoms with Crippen molar-refractivity contribution in [3.63, 3.8) is 0 Å². The Balaban J connectivity index is 1.42. The maximum absolute atomic E-state index is 5.85. The summed E-state index contributed by atoms with van der Waals surface area (Å²) in [4.78, 5) is 9.52. The van der Waals surface area contributed by atoms with Crippen LogP contribution in [-0.4, -0.2) is 27.1 Å². The largest absolute Gasteiger partial charge is 0.490 e. The molecule has 4 rings (SSSR count). The Morgan fingerprint density at radius 2 is 2.19 bits per heavy atom. The van der Waals surface area contributed by atoms with Gasteiger partial charge in [0.2, 0.25) is 0 Å². The van der Waals surface area contributed by atoms with Crippen LogP contribution in [0.25, 0.3) is 0 Å². The summed E-state index contributed by atoms with van der Waals surface area (Å²) in [5, 5.41) is 0. The second kappa shape index (κ2) is 8.28. The van der Waals surface area contributed by atoms with Crippen LogP contribution in [-0.2, 0) is 26.1 Å². The molecule has 3 heterocycles. The van der Waals surface area contributed by atoms with Crippen molar-refractivity contribution in [2.75, 3.05) is 6.54 Å². The number of aryl methyl sites for hydroxylation is 2. The Morgan fingerprint density at radius 1 is 1.26 bits per heavy atom. The molecule has 1 atom stereocenters. The van der Waals surface area contributed by atoms with Gasteiger partial charge in [-0.3, -0.25) is 4.90 Å². The minimum Gasteiger partial charge on any atom is -0.490 e. The van der Waals surface area contributed by atoms with Gasteiger partial charge in [0.1, 0.15) is 11.9 Å². The van der Waals surface area contributed by atoms with Gasteiger partial charge in [-0.15, -0.1) is 11.3 Å². The summed E-state index contributed by atoms with van der Waals surface area (Å²) >= 11 is 1.90. The fourth-order valence-electron chi connectivity index (χ4n) is 3.73. The van der Waals surface area contributed by atoms with Gasteiger partial charge in [-0.2, -0.15) is 0 Å². The molecule has 142 valence electrons. The third-order valence-electron chi connectivity index (χ3n) is 4.99. The topological polar surface area (TPSA) is 30.3 Å². The molecule has 0 aliphatic carbocycles. The first kappa shape index (κ1) is 18.3. The zero-order chi connectivity index (χ0) is 18.6. The van der Waals surface area contributed by atoms with E-state index in [9.17, 15) is 0 Å². The number of rotatable bonds is 8. The Bertz CT molecular complexity index is 872. The highest BCUT2D eigenvalue weighted by atomic mass is 32.1. The van der Waals surface area contributed by atoms with Crippen molar-refractivity contribution < 1.29 is 4.74 Å². The molecule has 2 aromatic heterocycles. The summed E-state index contributed by atoms with van der Waals surface area (Å²) in [6.07, 6.45) is 8.22. The highest BCUT2D eigenvalue weighted by Gasteiger charge is 2.19. The quantitative estimate of drug-likeness (QED) is 0.568. The van der Waals surface area contributed by atoms with Crippen molar-refractivity contribution in [3.05, 3.63) is 69.9 Å². The summed E-state index contributed by atoms with van der Waals surface area (Å²) in [5.41, 5.74) is 2.73. The fourth-order valence-corrected chi connectivity index (χ4v) is 4.67. The van der Waals surface area contributed by atoms with E-state index in [1.807, 2.05) is 30.1 Å². The fraction of sp³-hybridized carbons (Fsp3) is 0.409. The van der Waals surface area contributed by atoms with Gasteiger partial charge in [0, 0.05) is 54.7 Å². The van der Waals surface area contributed by atoms with E-state index in [1.54, 1.807) is 0 Å². The number of ether oxygens (including phenoxy) is 1. The SMILES string of the molecule is Cc1ccc(CN(CCCn2ccnc2)Cc2ccc3c(c2)CC(C)O3)s1. The van der Waals surface area contributed by atoms with Crippen molar-refractivity contribution in [2.45, 2.75) is 52.4 Å². The third kappa shape index (κ3) is 4.79. The van der Waals surface area contributed by atoms with Crippen LogP contribution in [0, 0.1) is 6.92 Å². The van der Waals surface area contributed by atoms with E-state index < -0.39 is 0 Å². The molecular weight excluding hydrogens is 354 g/mol. The van der Waals surface area contributed by atoms with Gasteiger partial charge in [0.05, 0.1) is 6.33 Å². The number of hydrogen-bond acceptors (Lipinski definition) is 4. The Kier molecular flexibility index (Phi) is 5.60. The molecule has 0 N–H and O–H groups in total. The lowest BCUT2D eigenvalue weighted by molar-refractivity contribution is 0.250. The van der Waals surface area contributed by atoms with E-state index >= 15 is 0 Å². The zero-order valence-electron chi connectivity index (χ0n) is 16.1. The minimum absolute atomic E-state index is 0.302. The van der Waals surface area contributed by atoms with Gasteiger partial charge in [-0.1, -0.05) is 12.1 Å². The standard InChI is InChI=1S/C22H27N3OS/c1-17-12-20-13-19(5-7-22(20)26-17)14-25(15-21-6-4-18(2)27-21)10-3-9-24-11-8-23-16-24/h4-8,11,13,16-17H,3,9-10,12,14-15H2,1-2H3. The van der Waals surface area contributed by atoms with Crippen LogP contribution in [0.2, 0.25) is 0 Å². The van der Waals surface area contributed by atoms with Gasteiger partial charge in [0.15, 0.2) is 0 Å². The maximum Gasteiger partial charge on any atom is 0.123 e. The Morgan fingerprint density at radius 3 is 2.96 bits per heavy atom. The molecular formula is C22H27N3OS. The average molecular weight is 382 g/mol. The summed E-state index contributed by atoms with van der Waals surface area (Å²) < 4.78 is 8.01. The maximum atomic E-state index is 5.85. The van der Waals surface area contributed by atoms with Crippen LogP contribution < -0.4 is 4.74 Å². The van der Waals surface area contributed by atoms with E-state index in [0.717, 1.165) is 44.8 Å². The van der Waals surface area contributed by atoms with Crippen LogP contribution in [0.3, 0.4) is 0 Å².